The van der Waals surface area contributed by atoms with Crippen molar-refractivity contribution < 1.29 is 9.59 Å². The summed E-state index contributed by atoms with van der Waals surface area (Å²) in [5.41, 5.74) is 0.967. The summed E-state index contributed by atoms with van der Waals surface area (Å²) >= 11 is 1.67. The van der Waals surface area contributed by atoms with E-state index in [1.807, 2.05) is 30.5 Å². The van der Waals surface area contributed by atoms with Crippen LogP contribution >= 0.6 is 11.8 Å². The number of ketones is 2. The van der Waals surface area contributed by atoms with Crippen LogP contribution in [-0.2, 0) is 9.59 Å². The molecule has 3 heteroatoms. The van der Waals surface area contributed by atoms with Crippen LogP contribution < -0.4 is 0 Å². The number of hydrogen-bond acceptors (Lipinski definition) is 3. The molecule has 16 heavy (non-hydrogen) atoms. The van der Waals surface area contributed by atoms with Gasteiger partial charge in [-0.1, -0.05) is 18.2 Å². The first-order valence-corrected chi connectivity index (χ1v) is 6.18. The van der Waals surface area contributed by atoms with Gasteiger partial charge in [-0.15, -0.1) is 11.8 Å². The van der Waals surface area contributed by atoms with E-state index in [1.54, 1.807) is 17.8 Å². The molecular weight excluding hydrogens is 220 g/mol. The second-order valence-electron chi connectivity index (χ2n) is 3.45. The lowest BCUT2D eigenvalue weighted by molar-refractivity contribution is -0.123. The minimum Gasteiger partial charge on any atom is -0.300 e. The van der Waals surface area contributed by atoms with Gasteiger partial charge in [-0.3, -0.25) is 9.59 Å². The van der Waals surface area contributed by atoms with Gasteiger partial charge < -0.3 is 0 Å². The van der Waals surface area contributed by atoms with E-state index in [2.05, 4.69) is 0 Å². The zero-order valence-electron chi connectivity index (χ0n) is 9.40. The lowest BCUT2D eigenvalue weighted by atomic mass is 10.1. The van der Waals surface area contributed by atoms with Crippen molar-refractivity contribution >= 4 is 29.4 Å². The third-order valence-electron chi connectivity index (χ3n) is 2.00. The number of hydrogen-bond donors (Lipinski definition) is 0. The van der Waals surface area contributed by atoms with Gasteiger partial charge in [-0.25, -0.2) is 0 Å². The molecular formula is C13H14O2S. The van der Waals surface area contributed by atoms with Crippen molar-refractivity contribution in [1.82, 2.24) is 0 Å². The minimum absolute atomic E-state index is 0.0145. The summed E-state index contributed by atoms with van der Waals surface area (Å²) < 4.78 is 0. The van der Waals surface area contributed by atoms with Crippen LogP contribution in [0.4, 0.5) is 0 Å². The summed E-state index contributed by atoms with van der Waals surface area (Å²) in [5.74, 6) is -0.256. The van der Waals surface area contributed by atoms with Crippen LogP contribution in [-0.4, -0.2) is 17.8 Å². The quantitative estimate of drug-likeness (QED) is 0.446. The second kappa shape index (κ2) is 6.28. The summed E-state index contributed by atoms with van der Waals surface area (Å²) in [5, 5.41) is 0. The fraction of sp³-hybridized carbons (Fsp3) is 0.231. The molecule has 0 aliphatic rings. The van der Waals surface area contributed by atoms with Gasteiger partial charge in [0.05, 0.1) is 6.42 Å². The highest BCUT2D eigenvalue weighted by Crippen LogP contribution is 2.15. The minimum atomic E-state index is -0.151. The van der Waals surface area contributed by atoms with E-state index < -0.39 is 0 Å². The molecule has 0 atom stereocenters. The van der Waals surface area contributed by atoms with E-state index in [0.29, 0.717) is 0 Å². The Labute approximate surface area is 99.7 Å². The van der Waals surface area contributed by atoms with Crippen LogP contribution in [0.2, 0.25) is 0 Å². The number of thioether (sulfide) groups is 1. The van der Waals surface area contributed by atoms with E-state index in [0.717, 1.165) is 5.56 Å². The van der Waals surface area contributed by atoms with Crippen molar-refractivity contribution in [1.29, 1.82) is 0 Å². The van der Waals surface area contributed by atoms with Crippen molar-refractivity contribution in [3.63, 3.8) is 0 Å². The highest BCUT2D eigenvalue weighted by Gasteiger charge is 2.00. The predicted octanol–water partition coefficient (Wildman–Crippen LogP) is 2.97. The molecule has 0 radical (unpaired) electrons. The molecule has 84 valence electrons. The van der Waals surface area contributed by atoms with E-state index in [1.165, 1.54) is 17.9 Å². The second-order valence-corrected chi connectivity index (χ2v) is 4.33. The van der Waals surface area contributed by atoms with Crippen LogP contribution in [0.3, 0.4) is 0 Å². The Morgan fingerprint density at radius 1 is 1.25 bits per heavy atom. The van der Waals surface area contributed by atoms with Crippen LogP contribution in [0.5, 0.6) is 0 Å². The van der Waals surface area contributed by atoms with Crippen molar-refractivity contribution in [2.75, 3.05) is 6.26 Å². The standard InChI is InChI=1S/C13H14O2S/c1-10(14)9-12(15)6-3-11-4-7-13(16-2)8-5-11/h3-8H,9H2,1-2H3. The van der Waals surface area contributed by atoms with Crippen LogP contribution in [0.1, 0.15) is 18.9 Å². The Kier molecular flexibility index (Phi) is 4.99. The lowest BCUT2D eigenvalue weighted by Crippen LogP contribution is -1.99. The SMILES string of the molecule is CSc1ccc(C=CC(=O)CC(C)=O)cc1. The first-order valence-electron chi connectivity index (χ1n) is 4.96. The van der Waals surface area contributed by atoms with Crippen molar-refractivity contribution in [2.45, 2.75) is 18.2 Å². The zero-order chi connectivity index (χ0) is 12.0. The fourth-order valence-corrected chi connectivity index (χ4v) is 1.62. The van der Waals surface area contributed by atoms with E-state index >= 15 is 0 Å². The Morgan fingerprint density at radius 3 is 2.38 bits per heavy atom. The number of carbonyl (C=O) groups is 2. The maximum absolute atomic E-state index is 11.2. The van der Waals surface area contributed by atoms with Gasteiger partial charge in [0.2, 0.25) is 0 Å². The molecule has 0 aliphatic heterocycles. The monoisotopic (exact) mass is 234 g/mol. The summed E-state index contributed by atoms with van der Waals surface area (Å²) in [6.07, 6.45) is 5.19. The van der Waals surface area contributed by atoms with E-state index in [9.17, 15) is 9.59 Å². The molecule has 0 bridgehead atoms. The van der Waals surface area contributed by atoms with Crippen LogP contribution in [0, 0.1) is 0 Å². The number of rotatable bonds is 5. The number of Topliss-reactive ketones (excluding diaryl/α,β-unsaturated/α-hetero) is 1. The Hall–Kier alpha value is -1.35. The van der Waals surface area contributed by atoms with Crippen molar-refractivity contribution in [3.05, 3.63) is 35.9 Å². The summed E-state index contributed by atoms with van der Waals surface area (Å²) in [6.45, 7) is 1.42. The molecule has 0 fully saturated rings. The van der Waals surface area contributed by atoms with Gasteiger partial charge in [0.15, 0.2) is 5.78 Å². The van der Waals surface area contributed by atoms with Crippen molar-refractivity contribution in [3.8, 4) is 0 Å². The number of allylic oxidation sites excluding steroid dienone is 1. The molecule has 1 aromatic rings. The lowest BCUT2D eigenvalue weighted by Gasteiger charge is -1.96. The van der Waals surface area contributed by atoms with Crippen LogP contribution in [0.15, 0.2) is 35.2 Å². The van der Waals surface area contributed by atoms with Gasteiger partial charge in [0, 0.05) is 4.90 Å². The molecule has 0 unspecified atom stereocenters. The topological polar surface area (TPSA) is 34.1 Å². The van der Waals surface area contributed by atoms with Gasteiger partial charge in [-0.2, -0.15) is 0 Å². The first-order chi connectivity index (χ1) is 7.61. The Bertz CT molecular complexity index is 404. The summed E-state index contributed by atoms with van der Waals surface area (Å²) in [7, 11) is 0. The molecule has 2 nitrogen and oxygen atoms in total. The maximum Gasteiger partial charge on any atom is 0.163 e. The summed E-state index contributed by atoms with van der Waals surface area (Å²) in [6, 6.07) is 7.90. The van der Waals surface area contributed by atoms with E-state index in [-0.39, 0.29) is 18.0 Å². The molecule has 0 aliphatic carbocycles. The largest absolute Gasteiger partial charge is 0.300 e. The molecule has 0 amide bonds. The smallest absolute Gasteiger partial charge is 0.163 e. The Morgan fingerprint density at radius 2 is 1.88 bits per heavy atom. The number of carbonyl (C=O) groups excluding carboxylic acids is 2. The van der Waals surface area contributed by atoms with E-state index in [4.69, 9.17) is 0 Å². The average molecular weight is 234 g/mol. The van der Waals surface area contributed by atoms with Crippen molar-refractivity contribution in [2.24, 2.45) is 0 Å². The van der Waals surface area contributed by atoms with Gasteiger partial charge in [0.25, 0.3) is 0 Å². The highest BCUT2D eigenvalue weighted by atomic mass is 32.2. The first kappa shape index (κ1) is 12.7. The molecule has 0 saturated carbocycles. The third kappa shape index (κ3) is 4.45. The maximum atomic E-state index is 11.2. The molecule has 0 aromatic heterocycles. The summed E-state index contributed by atoms with van der Waals surface area (Å²) in [4.78, 5) is 23.1. The zero-order valence-corrected chi connectivity index (χ0v) is 10.2. The molecule has 1 aromatic carbocycles. The van der Waals surface area contributed by atoms with Crippen LogP contribution in [0.25, 0.3) is 6.08 Å². The molecule has 1 rings (SSSR count). The van der Waals surface area contributed by atoms with Gasteiger partial charge >= 0.3 is 0 Å². The molecule has 0 N–H and O–H groups in total. The highest BCUT2D eigenvalue weighted by molar-refractivity contribution is 7.98. The average Bonchev–Trinajstić information content (AvgIpc) is 2.26. The number of benzene rings is 1. The molecule has 0 heterocycles. The normalized spacial score (nSPS) is 10.6. The van der Waals surface area contributed by atoms with Gasteiger partial charge in [-0.05, 0) is 37.0 Å². The molecule has 0 saturated heterocycles. The molecule has 0 spiro atoms. The Balaban J connectivity index is 2.62. The fourth-order valence-electron chi connectivity index (χ4n) is 1.21. The predicted molar refractivity (Wildman–Crippen MR) is 67.6 cm³/mol. The third-order valence-corrected chi connectivity index (χ3v) is 2.74. The van der Waals surface area contributed by atoms with Gasteiger partial charge in [0.1, 0.15) is 5.78 Å².